The summed E-state index contributed by atoms with van der Waals surface area (Å²) in [4.78, 5) is 15.4. The Morgan fingerprint density at radius 2 is 1.67 bits per heavy atom. The van der Waals surface area contributed by atoms with Crippen molar-refractivity contribution in [3.63, 3.8) is 0 Å². The van der Waals surface area contributed by atoms with Gasteiger partial charge in [-0.15, -0.1) is 0 Å². The molecule has 0 N–H and O–H groups in total. The number of β-lactam (4-membered cyclic amide) rings is 1. The maximum atomic E-state index is 13.3. The lowest BCUT2D eigenvalue weighted by atomic mass is 9.60. The molecule has 2 aliphatic carbocycles. The number of fused-ring (bicyclic) bond motifs is 3. The van der Waals surface area contributed by atoms with Crippen LogP contribution in [-0.2, 0) is 11.3 Å². The zero-order valence-corrected chi connectivity index (χ0v) is 13.6. The first-order chi connectivity index (χ1) is 11.8. The van der Waals surface area contributed by atoms with Gasteiger partial charge < -0.3 is 4.90 Å². The van der Waals surface area contributed by atoms with Crippen molar-refractivity contribution in [2.45, 2.75) is 25.4 Å². The van der Waals surface area contributed by atoms with Crippen molar-refractivity contribution >= 4 is 5.91 Å². The molecule has 2 aromatic rings. The van der Waals surface area contributed by atoms with Gasteiger partial charge in [-0.05, 0) is 35.8 Å². The fourth-order valence-electron chi connectivity index (χ4n) is 5.22. The van der Waals surface area contributed by atoms with Crippen LogP contribution in [0.1, 0.15) is 30.0 Å². The highest BCUT2D eigenvalue weighted by Gasteiger charge is 2.67. The van der Waals surface area contributed by atoms with Crippen molar-refractivity contribution in [2.24, 2.45) is 17.3 Å². The van der Waals surface area contributed by atoms with Crippen LogP contribution in [0.15, 0.2) is 72.8 Å². The molecule has 0 radical (unpaired) electrons. The second kappa shape index (κ2) is 5.07. The number of allylic oxidation sites excluding steroid dienone is 2. The maximum Gasteiger partial charge on any atom is 0.232 e. The molecule has 3 aliphatic rings. The summed E-state index contributed by atoms with van der Waals surface area (Å²) in [5.41, 5.74) is 2.31. The Hall–Kier alpha value is -2.35. The van der Waals surface area contributed by atoms with Gasteiger partial charge in [-0.1, -0.05) is 72.8 Å². The lowest BCUT2D eigenvalue weighted by Gasteiger charge is -2.58. The van der Waals surface area contributed by atoms with E-state index in [-0.39, 0.29) is 11.5 Å². The Bertz CT molecular complexity index is 797. The minimum Gasteiger partial charge on any atom is -0.330 e. The number of hydrogen-bond acceptors (Lipinski definition) is 1. The van der Waals surface area contributed by atoms with E-state index in [1.54, 1.807) is 0 Å². The van der Waals surface area contributed by atoms with E-state index in [1.807, 2.05) is 18.2 Å². The van der Waals surface area contributed by atoms with E-state index in [1.165, 1.54) is 11.1 Å². The van der Waals surface area contributed by atoms with Crippen LogP contribution >= 0.6 is 0 Å². The average molecular weight is 315 g/mol. The standard InChI is InChI=1S/C22H21NO/c24-21-22(14-17-11-12-19(22)13-17)20(18-9-5-2-6-10-18)23(21)15-16-7-3-1-4-8-16/h1-12,17,19-20H,13-15H2/t17-,19+,20-,22-/m1/s1. The molecule has 5 rings (SSSR count). The molecule has 24 heavy (non-hydrogen) atoms. The number of carbonyl (C=O) groups excluding carboxylic acids is 1. The molecule has 1 spiro atoms. The molecule has 0 unspecified atom stereocenters. The van der Waals surface area contributed by atoms with E-state index in [4.69, 9.17) is 0 Å². The quantitative estimate of drug-likeness (QED) is 0.609. The van der Waals surface area contributed by atoms with Crippen LogP contribution in [0.5, 0.6) is 0 Å². The largest absolute Gasteiger partial charge is 0.330 e. The van der Waals surface area contributed by atoms with E-state index < -0.39 is 0 Å². The third kappa shape index (κ3) is 1.80. The third-order valence-electron chi connectivity index (χ3n) is 6.20. The molecule has 2 bridgehead atoms. The number of hydrogen-bond donors (Lipinski definition) is 0. The summed E-state index contributed by atoms with van der Waals surface area (Å²) >= 11 is 0. The predicted molar refractivity (Wildman–Crippen MR) is 94.0 cm³/mol. The van der Waals surface area contributed by atoms with E-state index in [9.17, 15) is 4.79 Å². The fourth-order valence-corrected chi connectivity index (χ4v) is 5.22. The topological polar surface area (TPSA) is 20.3 Å². The Labute approximate surface area is 142 Å². The van der Waals surface area contributed by atoms with E-state index in [0.29, 0.717) is 24.3 Å². The summed E-state index contributed by atoms with van der Waals surface area (Å²) in [5, 5.41) is 0. The maximum absolute atomic E-state index is 13.3. The summed E-state index contributed by atoms with van der Waals surface area (Å²) in [5.74, 6) is 1.38. The number of benzene rings is 2. The molecule has 1 saturated carbocycles. The van der Waals surface area contributed by atoms with Crippen molar-refractivity contribution in [1.29, 1.82) is 0 Å². The van der Waals surface area contributed by atoms with Crippen molar-refractivity contribution in [3.8, 4) is 0 Å². The number of likely N-dealkylation sites (tertiary alicyclic amines) is 1. The zero-order chi connectivity index (χ0) is 16.1. The zero-order valence-electron chi connectivity index (χ0n) is 13.6. The van der Waals surface area contributed by atoms with Crippen LogP contribution in [-0.4, -0.2) is 10.8 Å². The lowest BCUT2D eigenvalue weighted by molar-refractivity contribution is -0.179. The van der Waals surface area contributed by atoms with Crippen LogP contribution in [0.3, 0.4) is 0 Å². The smallest absolute Gasteiger partial charge is 0.232 e. The molecule has 120 valence electrons. The second-order valence-corrected chi connectivity index (χ2v) is 7.46. The Morgan fingerprint density at radius 3 is 2.29 bits per heavy atom. The molecule has 2 heteroatoms. The molecule has 0 aromatic heterocycles. The monoisotopic (exact) mass is 315 g/mol. The van der Waals surface area contributed by atoms with Gasteiger partial charge in [-0.25, -0.2) is 0 Å². The van der Waals surface area contributed by atoms with Crippen LogP contribution in [0, 0.1) is 17.3 Å². The van der Waals surface area contributed by atoms with Gasteiger partial charge >= 0.3 is 0 Å². The predicted octanol–water partition coefficient (Wildman–Crippen LogP) is 4.35. The molecule has 1 amide bonds. The Balaban J connectivity index is 1.54. The van der Waals surface area contributed by atoms with Gasteiger partial charge in [0.05, 0.1) is 11.5 Å². The van der Waals surface area contributed by atoms with Crippen LogP contribution < -0.4 is 0 Å². The Morgan fingerprint density at radius 1 is 0.958 bits per heavy atom. The van der Waals surface area contributed by atoms with Crippen molar-refractivity contribution < 1.29 is 4.79 Å². The molecule has 2 nitrogen and oxygen atoms in total. The average Bonchev–Trinajstić information content (AvgIpc) is 3.25. The van der Waals surface area contributed by atoms with Crippen molar-refractivity contribution in [2.75, 3.05) is 0 Å². The number of rotatable bonds is 3. The molecule has 1 aliphatic heterocycles. The van der Waals surface area contributed by atoms with Gasteiger partial charge in [0.15, 0.2) is 0 Å². The van der Waals surface area contributed by atoms with Crippen molar-refractivity contribution in [3.05, 3.63) is 83.9 Å². The summed E-state index contributed by atoms with van der Waals surface area (Å²) in [6.45, 7) is 0.710. The van der Waals surface area contributed by atoms with Crippen LogP contribution in [0.4, 0.5) is 0 Å². The van der Waals surface area contributed by atoms with Gasteiger partial charge in [0.25, 0.3) is 0 Å². The second-order valence-electron chi connectivity index (χ2n) is 7.46. The third-order valence-corrected chi connectivity index (χ3v) is 6.20. The highest BCUT2D eigenvalue weighted by molar-refractivity contribution is 5.92. The number of amides is 1. The Kier molecular flexibility index (Phi) is 2.97. The first kappa shape index (κ1) is 14.0. The summed E-state index contributed by atoms with van der Waals surface area (Å²) in [6, 6.07) is 21.2. The van der Waals surface area contributed by atoms with Gasteiger partial charge in [0.2, 0.25) is 5.91 Å². The van der Waals surface area contributed by atoms with E-state index in [2.05, 4.69) is 59.5 Å². The minimum absolute atomic E-state index is 0.185. The summed E-state index contributed by atoms with van der Waals surface area (Å²) in [7, 11) is 0. The van der Waals surface area contributed by atoms with Crippen molar-refractivity contribution in [1.82, 2.24) is 4.90 Å². The highest BCUT2D eigenvalue weighted by Crippen LogP contribution is 2.66. The summed E-state index contributed by atoms with van der Waals surface area (Å²) < 4.78 is 0. The lowest BCUT2D eigenvalue weighted by Crippen LogP contribution is -2.64. The van der Waals surface area contributed by atoms with E-state index >= 15 is 0 Å². The molecular weight excluding hydrogens is 294 g/mol. The van der Waals surface area contributed by atoms with Gasteiger partial charge in [-0.2, -0.15) is 0 Å². The van der Waals surface area contributed by atoms with Gasteiger partial charge in [0.1, 0.15) is 0 Å². The molecular formula is C22H21NO. The molecule has 1 heterocycles. The summed E-state index contributed by atoms with van der Waals surface area (Å²) in [6.07, 6.45) is 6.82. The fraction of sp³-hybridized carbons (Fsp3) is 0.318. The molecule has 1 saturated heterocycles. The molecule has 2 fully saturated rings. The van der Waals surface area contributed by atoms with E-state index in [0.717, 1.165) is 12.8 Å². The van der Waals surface area contributed by atoms with Crippen LogP contribution in [0.2, 0.25) is 0 Å². The highest BCUT2D eigenvalue weighted by atomic mass is 16.2. The van der Waals surface area contributed by atoms with Gasteiger partial charge in [0, 0.05) is 6.54 Å². The first-order valence-electron chi connectivity index (χ1n) is 8.87. The van der Waals surface area contributed by atoms with Gasteiger partial charge in [-0.3, -0.25) is 4.79 Å². The SMILES string of the molecule is O=C1N(Cc2ccccc2)[C@H](c2ccccc2)[C@]12C[C@@H]1C=C[C@H]2C1. The number of carbonyl (C=O) groups is 1. The minimum atomic E-state index is -0.185. The number of nitrogens with zero attached hydrogens (tertiary/aromatic N) is 1. The molecule has 2 aromatic carbocycles. The normalized spacial score (nSPS) is 33.2. The first-order valence-corrected chi connectivity index (χ1v) is 8.87. The molecule has 4 atom stereocenters. The van der Waals surface area contributed by atoms with Crippen LogP contribution in [0.25, 0.3) is 0 Å².